The van der Waals surface area contributed by atoms with Crippen molar-refractivity contribution in [3.05, 3.63) is 88.4 Å². The van der Waals surface area contributed by atoms with Crippen LogP contribution >= 0.6 is 35.0 Å². The van der Waals surface area contributed by atoms with Gasteiger partial charge in [0.05, 0.1) is 16.5 Å². The van der Waals surface area contributed by atoms with Gasteiger partial charge in [0, 0.05) is 47.3 Å². The summed E-state index contributed by atoms with van der Waals surface area (Å²) in [6.45, 7) is 2.65. The van der Waals surface area contributed by atoms with Gasteiger partial charge < -0.3 is 15.1 Å². The summed E-state index contributed by atoms with van der Waals surface area (Å²) in [6, 6.07) is 22.3. The first-order valence-electron chi connectivity index (χ1n) is 10.6. The van der Waals surface area contributed by atoms with Crippen molar-refractivity contribution >= 4 is 58.2 Å². The Balaban J connectivity index is 1.30. The van der Waals surface area contributed by atoms with E-state index in [1.54, 1.807) is 18.2 Å². The Bertz CT molecular complexity index is 1120. The monoisotopic (exact) mass is 499 g/mol. The molecule has 1 saturated heterocycles. The van der Waals surface area contributed by atoms with E-state index in [4.69, 9.17) is 23.2 Å². The normalized spacial score (nSPS) is 13.6. The van der Waals surface area contributed by atoms with E-state index in [0.717, 1.165) is 10.6 Å². The van der Waals surface area contributed by atoms with Gasteiger partial charge >= 0.3 is 0 Å². The van der Waals surface area contributed by atoms with Crippen LogP contribution in [0.1, 0.15) is 10.4 Å². The zero-order chi connectivity index (χ0) is 23.2. The number of halogens is 2. The SMILES string of the molecule is O=C(CSc1ccc(Cl)cc1)Nc1ccc(N2CCN(C(=O)c3ccccc3)CC2)c(Cl)c1. The number of hydrogen-bond donors (Lipinski definition) is 1. The van der Waals surface area contributed by atoms with E-state index in [9.17, 15) is 9.59 Å². The first-order valence-corrected chi connectivity index (χ1v) is 12.3. The average Bonchev–Trinajstić information content (AvgIpc) is 2.84. The van der Waals surface area contributed by atoms with Gasteiger partial charge in [0.2, 0.25) is 5.91 Å². The molecule has 0 unspecified atom stereocenters. The van der Waals surface area contributed by atoms with Gasteiger partial charge in [-0.3, -0.25) is 9.59 Å². The van der Waals surface area contributed by atoms with Crippen LogP contribution in [0.15, 0.2) is 77.7 Å². The number of benzene rings is 3. The first kappa shape index (κ1) is 23.5. The molecule has 3 aromatic carbocycles. The first-order chi connectivity index (χ1) is 16.0. The number of amides is 2. The number of nitrogens with one attached hydrogen (secondary N) is 1. The second kappa shape index (κ2) is 11.0. The van der Waals surface area contributed by atoms with Gasteiger partial charge in [-0.2, -0.15) is 0 Å². The van der Waals surface area contributed by atoms with Gasteiger partial charge in [0.1, 0.15) is 0 Å². The molecular weight excluding hydrogens is 477 g/mol. The van der Waals surface area contributed by atoms with Crippen LogP contribution in [-0.2, 0) is 4.79 Å². The number of anilines is 2. The molecule has 2 amide bonds. The smallest absolute Gasteiger partial charge is 0.253 e. The number of hydrogen-bond acceptors (Lipinski definition) is 4. The van der Waals surface area contributed by atoms with Gasteiger partial charge in [-0.25, -0.2) is 0 Å². The third-order valence-electron chi connectivity index (χ3n) is 5.34. The number of thioether (sulfide) groups is 1. The number of carbonyl (C=O) groups is 2. The van der Waals surface area contributed by atoms with E-state index in [0.29, 0.717) is 53.2 Å². The van der Waals surface area contributed by atoms with E-state index in [1.807, 2.05) is 59.5 Å². The van der Waals surface area contributed by atoms with Crippen molar-refractivity contribution in [2.45, 2.75) is 4.90 Å². The number of nitrogens with zero attached hydrogens (tertiary/aromatic N) is 2. The number of carbonyl (C=O) groups excluding carboxylic acids is 2. The molecule has 170 valence electrons. The molecule has 8 heteroatoms. The Morgan fingerprint density at radius 2 is 1.58 bits per heavy atom. The molecule has 5 nitrogen and oxygen atoms in total. The maximum atomic E-state index is 12.6. The second-order valence-corrected chi connectivity index (χ2v) is 9.49. The van der Waals surface area contributed by atoms with Gasteiger partial charge in [-0.05, 0) is 54.6 Å². The van der Waals surface area contributed by atoms with Crippen LogP contribution in [0.25, 0.3) is 0 Å². The van der Waals surface area contributed by atoms with E-state index in [-0.39, 0.29) is 11.8 Å². The molecule has 3 aromatic rings. The number of piperazine rings is 1. The lowest BCUT2D eigenvalue weighted by Gasteiger charge is -2.36. The summed E-state index contributed by atoms with van der Waals surface area (Å²) in [5.74, 6) is 0.237. The van der Waals surface area contributed by atoms with Crippen LogP contribution in [0, 0.1) is 0 Å². The van der Waals surface area contributed by atoms with Crippen LogP contribution < -0.4 is 10.2 Å². The molecule has 1 N–H and O–H groups in total. The Labute approximate surface area is 207 Å². The molecule has 1 heterocycles. The van der Waals surface area contributed by atoms with Gasteiger partial charge in [-0.15, -0.1) is 11.8 Å². The van der Waals surface area contributed by atoms with Crippen molar-refractivity contribution in [3.8, 4) is 0 Å². The molecule has 0 atom stereocenters. The Kier molecular flexibility index (Phi) is 7.81. The highest BCUT2D eigenvalue weighted by atomic mass is 35.5. The predicted molar refractivity (Wildman–Crippen MR) is 137 cm³/mol. The molecule has 0 saturated carbocycles. The largest absolute Gasteiger partial charge is 0.367 e. The molecule has 1 aliphatic heterocycles. The van der Waals surface area contributed by atoms with E-state index < -0.39 is 0 Å². The molecule has 0 bridgehead atoms. The van der Waals surface area contributed by atoms with Crippen molar-refractivity contribution < 1.29 is 9.59 Å². The number of rotatable bonds is 6. The molecule has 33 heavy (non-hydrogen) atoms. The van der Waals surface area contributed by atoms with Crippen LogP contribution in [0.4, 0.5) is 11.4 Å². The summed E-state index contributed by atoms with van der Waals surface area (Å²) < 4.78 is 0. The lowest BCUT2D eigenvalue weighted by Crippen LogP contribution is -2.48. The van der Waals surface area contributed by atoms with Crippen LogP contribution in [0.5, 0.6) is 0 Å². The van der Waals surface area contributed by atoms with Crippen LogP contribution in [-0.4, -0.2) is 48.6 Å². The third-order valence-corrected chi connectivity index (χ3v) is 6.91. The van der Waals surface area contributed by atoms with Crippen LogP contribution in [0.2, 0.25) is 10.0 Å². The van der Waals surface area contributed by atoms with E-state index in [2.05, 4.69) is 10.2 Å². The quantitative estimate of drug-likeness (QED) is 0.442. The summed E-state index contributed by atoms with van der Waals surface area (Å²) in [6.07, 6.45) is 0. The van der Waals surface area contributed by atoms with Crippen LogP contribution in [0.3, 0.4) is 0 Å². The fourth-order valence-corrected chi connectivity index (χ4v) is 4.76. The summed E-state index contributed by atoms with van der Waals surface area (Å²) >= 11 is 13.9. The highest BCUT2D eigenvalue weighted by Crippen LogP contribution is 2.30. The Morgan fingerprint density at radius 3 is 2.24 bits per heavy atom. The second-order valence-electron chi connectivity index (χ2n) is 7.60. The van der Waals surface area contributed by atoms with Gasteiger partial charge in [0.15, 0.2) is 0 Å². The molecule has 4 rings (SSSR count). The van der Waals surface area contributed by atoms with Crippen molar-refractivity contribution in [1.29, 1.82) is 0 Å². The van der Waals surface area contributed by atoms with Crippen molar-refractivity contribution in [1.82, 2.24) is 4.90 Å². The van der Waals surface area contributed by atoms with Gasteiger partial charge in [-0.1, -0.05) is 41.4 Å². The minimum absolute atomic E-state index is 0.0517. The van der Waals surface area contributed by atoms with E-state index >= 15 is 0 Å². The summed E-state index contributed by atoms with van der Waals surface area (Å²) in [5.41, 5.74) is 2.26. The highest BCUT2D eigenvalue weighted by molar-refractivity contribution is 8.00. The topological polar surface area (TPSA) is 52.7 Å². The predicted octanol–water partition coefficient (Wildman–Crippen LogP) is 5.69. The standard InChI is InChI=1S/C25H23Cl2N3O2S/c26-19-6-9-21(10-7-19)33-17-24(31)28-20-8-11-23(22(27)16-20)29-12-14-30(15-13-29)25(32)18-4-2-1-3-5-18/h1-11,16H,12-15,17H2,(H,28,31). The zero-order valence-corrected chi connectivity index (χ0v) is 20.2. The minimum Gasteiger partial charge on any atom is -0.367 e. The lowest BCUT2D eigenvalue weighted by atomic mass is 10.1. The molecule has 0 aliphatic carbocycles. The summed E-state index contributed by atoms with van der Waals surface area (Å²) in [5, 5.41) is 4.13. The fraction of sp³-hybridized carbons (Fsp3) is 0.200. The van der Waals surface area contributed by atoms with Crippen molar-refractivity contribution in [2.75, 3.05) is 42.1 Å². The molecule has 1 fully saturated rings. The molecule has 0 spiro atoms. The summed E-state index contributed by atoms with van der Waals surface area (Å²) in [4.78, 5) is 30.0. The maximum absolute atomic E-state index is 12.6. The fourth-order valence-electron chi connectivity index (χ4n) is 3.63. The molecule has 0 aromatic heterocycles. The Hall–Kier alpha value is -2.67. The summed E-state index contributed by atoms with van der Waals surface area (Å²) in [7, 11) is 0. The maximum Gasteiger partial charge on any atom is 0.253 e. The highest BCUT2D eigenvalue weighted by Gasteiger charge is 2.23. The average molecular weight is 500 g/mol. The van der Waals surface area contributed by atoms with E-state index in [1.165, 1.54) is 11.8 Å². The molecular formula is C25H23Cl2N3O2S. The van der Waals surface area contributed by atoms with Gasteiger partial charge in [0.25, 0.3) is 5.91 Å². The van der Waals surface area contributed by atoms with Crippen molar-refractivity contribution in [3.63, 3.8) is 0 Å². The molecule has 0 radical (unpaired) electrons. The minimum atomic E-state index is -0.105. The lowest BCUT2D eigenvalue weighted by molar-refractivity contribution is -0.113. The zero-order valence-electron chi connectivity index (χ0n) is 17.8. The molecule has 1 aliphatic rings. The third kappa shape index (κ3) is 6.22. The van der Waals surface area contributed by atoms with Crippen molar-refractivity contribution in [2.24, 2.45) is 0 Å². The Morgan fingerprint density at radius 1 is 0.879 bits per heavy atom.